The number of allylic oxidation sites excluding steroid dienone is 2. The first-order valence-electron chi connectivity index (χ1n) is 26.7. The summed E-state index contributed by atoms with van der Waals surface area (Å²) in [5, 5.41) is 11.1. The van der Waals surface area contributed by atoms with Crippen LogP contribution in [0.4, 0.5) is 0 Å². The van der Waals surface area contributed by atoms with Gasteiger partial charge < -0.3 is 9.84 Å². The Morgan fingerprint density at radius 2 is 1.07 bits per heavy atom. The number of aliphatic hydroxyl groups excluding tert-OH is 1. The molecule has 3 heteroatoms. The minimum atomic E-state index is -0.339. The summed E-state index contributed by atoms with van der Waals surface area (Å²) in [6.45, 7) is 20.4. The van der Waals surface area contributed by atoms with Crippen LogP contribution in [0, 0.1) is 50.2 Å². The number of aliphatic hydroxyl groups is 1. The normalized spacial score (nSPS) is 34.6. The van der Waals surface area contributed by atoms with E-state index in [4.69, 9.17) is 4.74 Å². The van der Waals surface area contributed by atoms with E-state index in [0.717, 1.165) is 57.8 Å². The summed E-state index contributed by atoms with van der Waals surface area (Å²) in [7, 11) is 0. The van der Waals surface area contributed by atoms with Crippen LogP contribution in [0.1, 0.15) is 274 Å². The molecule has 0 saturated heterocycles. The minimum absolute atomic E-state index is 0.0249. The first-order valence-corrected chi connectivity index (χ1v) is 26.7. The van der Waals surface area contributed by atoms with E-state index in [2.05, 4.69) is 61.5 Å². The van der Waals surface area contributed by atoms with Crippen LogP contribution in [0.25, 0.3) is 0 Å². The molecule has 5 rings (SSSR count). The van der Waals surface area contributed by atoms with Gasteiger partial charge in [-0.25, -0.2) is 0 Å². The van der Waals surface area contributed by atoms with Crippen molar-refractivity contribution in [3.8, 4) is 0 Å². The SMILES string of the molecule is CCCCCCCCCCCCCCCCCCCCCCCCCCOC(=O)C12CCC(C)(C)CC1C1=CCC3C4(C)CCC(O)C(C)(C)C4CCC3(C)C1(C)CC2. The average Bonchev–Trinajstić information content (AvgIpc) is 3.19. The fourth-order valence-electron chi connectivity index (χ4n) is 15.0. The van der Waals surface area contributed by atoms with Gasteiger partial charge in [0.25, 0.3) is 0 Å². The zero-order valence-electron chi connectivity index (χ0n) is 40.9. The maximum Gasteiger partial charge on any atom is 0.312 e. The van der Waals surface area contributed by atoms with Crippen molar-refractivity contribution in [2.24, 2.45) is 50.2 Å². The highest BCUT2D eigenvalue weighted by atomic mass is 16.5. The first-order chi connectivity index (χ1) is 28.2. The number of fused-ring (bicyclic) bond motifs is 7. The van der Waals surface area contributed by atoms with Gasteiger partial charge in [-0.2, -0.15) is 0 Å². The van der Waals surface area contributed by atoms with Crippen LogP contribution in [0.5, 0.6) is 0 Å². The number of hydrogen-bond acceptors (Lipinski definition) is 3. The van der Waals surface area contributed by atoms with Crippen molar-refractivity contribution in [1.82, 2.24) is 0 Å². The summed E-state index contributed by atoms with van der Waals surface area (Å²) < 4.78 is 6.33. The second-order valence-corrected chi connectivity index (χ2v) is 24.0. The minimum Gasteiger partial charge on any atom is -0.465 e. The summed E-state index contributed by atoms with van der Waals surface area (Å²) in [6, 6.07) is 0. The number of carbonyl (C=O) groups excluding carboxylic acids is 1. The lowest BCUT2D eigenvalue weighted by Gasteiger charge is -2.71. The quantitative estimate of drug-likeness (QED) is 0.0537. The lowest BCUT2D eigenvalue weighted by Crippen LogP contribution is -2.65. The fourth-order valence-corrected chi connectivity index (χ4v) is 15.0. The Morgan fingerprint density at radius 1 is 0.593 bits per heavy atom. The Bertz CT molecular complexity index is 1300. The highest BCUT2D eigenvalue weighted by Crippen LogP contribution is 2.75. The summed E-state index contributed by atoms with van der Waals surface area (Å²) in [5.74, 6) is 1.65. The van der Waals surface area contributed by atoms with Crippen molar-refractivity contribution in [3.63, 3.8) is 0 Å². The summed E-state index contributed by atoms with van der Waals surface area (Å²) in [6.07, 6.45) is 47.1. The molecule has 0 radical (unpaired) electrons. The zero-order chi connectivity index (χ0) is 42.6. The summed E-state index contributed by atoms with van der Waals surface area (Å²) in [4.78, 5) is 14.4. The number of hydrogen-bond donors (Lipinski definition) is 1. The maximum atomic E-state index is 14.4. The number of rotatable bonds is 26. The molecular weight excluding hydrogens is 721 g/mol. The second kappa shape index (κ2) is 22.2. The average molecular weight is 821 g/mol. The summed E-state index contributed by atoms with van der Waals surface area (Å²) in [5.41, 5.74) is 2.13. The van der Waals surface area contributed by atoms with Crippen LogP contribution in [0.3, 0.4) is 0 Å². The third-order valence-electron chi connectivity index (χ3n) is 19.3. The molecule has 0 heterocycles. The van der Waals surface area contributed by atoms with Gasteiger partial charge in [0.15, 0.2) is 0 Å². The first kappa shape index (κ1) is 49.2. The van der Waals surface area contributed by atoms with Crippen molar-refractivity contribution in [3.05, 3.63) is 11.6 Å². The van der Waals surface area contributed by atoms with E-state index in [0.29, 0.717) is 24.4 Å². The predicted octanol–water partition coefficient (Wildman–Crippen LogP) is 17.1. The van der Waals surface area contributed by atoms with E-state index in [1.54, 1.807) is 5.57 Å². The van der Waals surface area contributed by atoms with Crippen LogP contribution in [-0.4, -0.2) is 23.8 Å². The zero-order valence-corrected chi connectivity index (χ0v) is 40.9. The van der Waals surface area contributed by atoms with Crippen molar-refractivity contribution in [2.75, 3.05) is 6.61 Å². The lowest BCUT2D eigenvalue weighted by atomic mass is 9.33. The molecular formula is C56H100O3. The molecule has 342 valence electrons. The van der Waals surface area contributed by atoms with Crippen LogP contribution < -0.4 is 0 Å². The number of ether oxygens (including phenoxy) is 1. The van der Waals surface area contributed by atoms with Crippen molar-refractivity contribution >= 4 is 5.97 Å². The molecule has 5 aliphatic rings. The molecule has 3 nitrogen and oxygen atoms in total. The molecule has 5 aliphatic carbocycles. The number of esters is 1. The molecule has 8 atom stereocenters. The Labute approximate surface area is 367 Å². The van der Waals surface area contributed by atoms with Crippen LogP contribution in [0.2, 0.25) is 0 Å². The van der Waals surface area contributed by atoms with Crippen molar-refractivity contribution in [2.45, 2.75) is 280 Å². The van der Waals surface area contributed by atoms with Crippen LogP contribution in [0.15, 0.2) is 11.6 Å². The lowest BCUT2D eigenvalue weighted by molar-refractivity contribution is -0.206. The molecule has 4 saturated carbocycles. The summed E-state index contributed by atoms with van der Waals surface area (Å²) >= 11 is 0. The Balaban J connectivity index is 0.954. The standard InChI is InChI=1S/C56H100O3/c1-9-10-11-12-13-14-15-16-17-18-19-20-21-22-23-24-25-26-27-28-29-30-31-32-43-59-50(58)56-41-39-51(2,3)44-46(56)45-33-34-48-53(6)37-36-49(57)52(4,5)47(53)35-38-55(48,8)54(45,7)40-42-56/h33,46-49,57H,9-32,34-44H2,1-8H3. The molecule has 0 bridgehead atoms. The molecule has 8 unspecified atom stereocenters. The third-order valence-corrected chi connectivity index (χ3v) is 19.3. The van der Waals surface area contributed by atoms with Gasteiger partial charge >= 0.3 is 5.97 Å². The van der Waals surface area contributed by atoms with Gasteiger partial charge in [-0.1, -0.05) is 215 Å². The van der Waals surface area contributed by atoms with Crippen molar-refractivity contribution < 1.29 is 14.6 Å². The molecule has 0 aromatic heterocycles. The van der Waals surface area contributed by atoms with Gasteiger partial charge in [0, 0.05) is 0 Å². The van der Waals surface area contributed by atoms with Gasteiger partial charge in [0.05, 0.1) is 18.1 Å². The molecule has 0 amide bonds. The largest absolute Gasteiger partial charge is 0.465 e. The monoisotopic (exact) mass is 821 g/mol. The van der Waals surface area contributed by atoms with Crippen LogP contribution in [-0.2, 0) is 9.53 Å². The van der Waals surface area contributed by atoms with Crippen LogP contribution >= 0.6 is 0 Å². The predicted molar refractivity (Wildman–Crippen MR) is 252 cm³/mol. The molecule has 0 aromatic rings. The molecule has 1 N–H and O–H groups in total. The molecule has 4 fully saturated rings. The maximum absolute atomic E-state index is 14.4. The van der Waals surface area contributed by atoms with E-state index < -0.39 is 0 Å². The van der Waals surface area contributed by atoms with E-state index in [9.17, 15) is 9.90 Å². The van der Waals surface area contributed by atoms with E-state index in [1.807, 2.05) is 0 Å². The number of unbranched alkanes of at least 4 members (excludes halogenated alkanes) is 23. The Hall–Kier alpha value is -0.830. The second-order valence-electron chi connectivity index (χ2n) is 24.0. The van der Waals surface area contributed by atoms with E-state index >= 15 is 0 Å². The highest BCUT2D eigenvalue weighted by molar-refractivity contribution is 5.78. The van der Waals surface area contributed by atoms with Gasteiger partial charge in [0.1, 0.15) is 0 Å². The molecule has 0 aliphatic heterocycles. The van der Waals surface area contributed by atoms with Gasteiger partial charge in [-0.3, -0.25) is 4.79 Å². The highest BCUT2D eigenvalue weighted by Gasteiger charge is 2.69. The molecule has 0 spiro atoms. The molecule has 59 heavy (non-hydrogen) atoms. The van der Waals surface area contributed by atoms with Crippen molar-refractivity contribution in [1.29, 1.82) is 0 Å². The Kier molecular flexibility index (Phi) is 18.5. The van der Waals surface area contributed by atoms with E-state index in [-0.39, 0.29) is 44.6 Å². The van der Waals surface area contributed by atoms with E-state index in [1.165, 1.54) is 161 Å². The fraction of sp³-hybridized carbons (Fsp3) is 0.946. The molecule has 0 aromatic carbocycles. The topological polar surface area (TPSA) is 46.5 Å². The van der Waals surface area contributed by atoms with Gasteiger partial charge in [-0.05, 0) is 115 Å². The van der Waals surface area contributed by atoms with Gasteiger partial charge in [0.2, 0.25) is 0 Å². The Morgan fingerprint density at radius 3 is 1.58 bits per heavy atom. The number of carbonyl (C=O) groups is 1. The van der Waals surface area contributed by atoms with Gasteiger partial charge in [-0.15, -0.1) is 0 Å². The smallest absolute Gasteiger partial charge is 0.312 e. The third kappa shape index (κ3) is 11.5.